The molecule has 1 N–H and O–H groups in total. The standard InChI is InChI=1S/C17H25FN2O4S/c1-23-11-13-10-20(12-17(13)5-7-19-8-6-17)25(21,22)16-9-14(18)3-4-15(16)24-2/h3-4,9,13,19H,5-8,10-12H2,1-2H3. The Bertz CT molecular complexity index is 719. The van der Waals surface area contributed by atoms with Crippen molar-refractivity contribution in [1.82, 2.24) is 9.62 Å². The van der Waals surface area contributed by atoms with Crippen LogP contribution in [-0.4, -0.2) is 59.7 Å². The van der Waals surface area contributed by atoms with E-state index in [9.17, 15) is 12.8 Å². The highest BCUT2D eigenvalue weighted by atomic mass is 32.2. The van der Waals surface area contributed by atoms with Crippen molar-refractivity contribution in [2.75, 3.05) is 47.0 Å². The van der Waals surface area contributed by atoms with E-state index in [0.29, 0.717) is 19.7 Å². The topological polar surface area (TPSA) is 67.9 Å². The number of ether oxygens (including phenoxy) is 2. The summed E-state index contributed by atoms with van der Waals surface area (Å²) < 4.78 is 52.0. The molecule has 25 heavy (non-hydrogen) atoms. The average Bonchev–Trinajstić information content (AvgIpc) is 2.94. The number of rotatable bonds is 5. The fourth-order valence-electron chi connectivity index (χ4n) is 4.08. The molecule has 0 radical (unpaired) electrons. The van der Waals surface area contributed by atoms with Crippen molar-refractivity contribution >= 4 is 10.0 Å². The quantitative estimate of drug-likeness (QED) is 0.848. The van der Waals surface area contributed by atoms with Gasteiger partial charge < -0.3 is 14.8 Å². The fourth-order valence-corrected chi connectivity index (χ4v) is 5.83. The molecule has 2 saturated heterocycles. The minimum atomic E-state index is -3.84. The van der Waals surface area contributed by atoms with Gasteiger partial charge in [0, 0.05) is 26.1 Å². The van der Waals surface area contributed by atoms with Crippen LogP contribution < -0.4 is 10.1 Å². The van der Waals surface area contributed by atoms with Crippen LogP contribution in [0.5, 0.6) is 5.75 Å². The lowest BCUT2D eigenvalue weighted by molar-refractivity contribution is 0.0718. The molecule has 1 atom stereocenters. The van der Waals surface area contributed by atoms with Crippen LogP contribution in [0.2, 0.25) is 0 Å². The van der Waals surface area contributed by atoms with Gasteiger partial charge in [0.05, 0.1) is 13.7 Å². The van der Waals surface area contributed by atoms with Crippen molar-refractivity contribution in [2.24, 2.45) is 11.3 Å². The van der Waals surface area contributed by atoms with E-state index in [1.807, 2.05) is 0 Å². The van der Waals surface area contributed by atoms with E-state index in [4.69, 9.17) is 9.47 Å². The van der Waals surface area contributed by atoms with E-state index in [-0.39, 0.29) is 22.0 Å². The fraction of sp³-hybridized carbons (Fsp3) is 0.647. The molecule has 2 aliphatic heterocycles. The van der Waals surface area contributed by atoms with Gasteiger partial charge in [-0.15, -0.1) is 0 Å². The van der Waals surface area contributed by atoms with Crippen LogP contribution >= 0.6 is 0 Å². The number of piperidine rings is 1. The molecule has 0 saturated carbocycles. The van der Waals surface area contributed by atoms with Crippen molar-refractivity contribution in [2.45, 2.75) is 17.7 Å². The second kappa shape index (κ2) is 7.19. The molecule has 0 aliphatic carbocycles. The van der Waals surface area contributed by atoms with Crippen LogP contribution in [0, 0.1) is 17.2 Å². The minimum Gasteiger partial charge on any atom is -0.495 e. The Balaban J connectivity index is 1.94. The first kappa shape index (κ1) is 18.6. The Morgan fingerprint density at radius 3 is 2.68 bits per heavy atom. The van der Waals surface area contributed by atoms with Gasteiger partial charge >= 0.3 is 0 Å². The second-order valence-electron chi connectivity index (χ2n) is 6.86. The van der Waals surface area contributed by atoms with Gasteiger partial charge in [-0.25, -0.2) is 12.8 Å². The number of hydrogen-bond donors (Lipinski definition) is 1. The number of nitrogens with one attached hydrogen (secondary N) is 1. The van der Waals surface area contributed by atoms with Gasteiger partial charge in [-0.2, -0.15) is 4.31 Å². The molecule has 1 unspecified atom stereocenters. The summed E-state index contributed by atoms with van der Waals surface area (Å²) in [6.45, 7) is 3.08. The molecule has 8 heteroatoms. The summed E-state index contributed by atoms with van der Waals surface area (Å²) in [4.78, 5) is -0.114. The normalized spacial score (nSPS) is 23.9. The Morgan fingerprint density at radius 2 is 2.04 bits per heavy atom. The minimum absolute atomic E-state index is 0.0884. The molecular formula is C17H25FN2O4S. The van der Waals surface area contributed by atoms with Crippen molar-refractivity contribution in [3.63, 3.8) is 0 Å². The lowest BCUT2D eigenvalue weighted by atomic mass is 9.71. The number of benzene rings is 1. The van der Waals surface area contributed by atoms with Gasteiger partial charge in [-0.1, -0.05) is 0 Å². The van der Waals surface area contributed by atoms with Gasteiger partial charge in [0.2, 0.25) is 10.0 Å². The van der Waals surface area contributed by atoms with E-state index < -0.39 is 15.8 Å². The third-order valence-electron chi connectivity index (χ3n) is 5.49. The maximum atomic E-state index is 13.7. The second-order valence-corrected chi connectivity index (χ2v) is 8.76. The molecule has 3 rings (SSSR count). The molecule has 0 bridgehead atoms. The molecule has 1 spiro atoms. The molecule has 1 aromatic carbocycles. The molecule has 2 heterocycles. The highest BCUT2D eigenvalue weighted by molar-refractivity contribution is 7.89. The molecular weight excluding hydrogens is 347 g/mol. The van der Waals surface area contributed by atoms with Crippen LogP contribution in [0.4, 0.5) is 4.39 Å². The summed E-state index contributed by atoms with van der Waals surface area (Å²) in [5, 5.41) is 3.33. The van der Waals surface area contributed by atoms with E-state index in [2.05, 4.69) is 5.32 Å². The highest BCUT2D eigenvalue weighted by Gasteiger charge is 2.50. The molecule has 0 aromatic heterocycles. The largest absolute Gasteiger partial charge is 0.495 e. The zero-order chi connectivity index (χ0) is 18.1. The third-order valence-corrected chi connectivity index (χ3v) is 7.32. The van der Waals surface area contributed by atoms with Gasteiger partial charge in [-0.3, -0.25) is 0 Å². The lowest BCUT2D eigenvalue weighted by Crippen LogP contribution is -2.43. The number of hydrogen-bond acceptors (Lipinski definition) is 5. The summed E-state index contributed by atoms with van der Waals surface area (Å²) in [5.74, 6) is -0.298. The number of sulfonamides is 1. The van der Waals surface area contributed by atoms with Crippen molar-refractivity contribution in [3.8, 4) is 5.75 Å². The van der Waals surface area contributed by atoms with Crippen molar-refractivity contribution in [1.29, 1.82) is 0 Å². The monoisotopic (exact) mass is 372 g/mol. The summed E-state index contributed by atoms with van der Waals surface area (Å²) in [7, 11) is -0.811. The zero-order valence-corrected chi connectivity index (χ0v) is 15.4. The molecule has 2 fully saturated rings. The summed E-state index contributed by atoms with van der Waals surface area (Å²) in [6, 6.07) is 3.59. The Morgan fingerprint density at radius 1 is 1.32 bits per heavy atom. The Hall–Kier alpha value is -1.22. The van der Waals surface area contributed by atoms with E-state index in [0.717, 1.165) is 32.0 Å². The number of methoxy groups -OCH3 is 2. The zero-order valence-electron chi connectivity index (χ0n) is 14.6. The summed E-state index contributed by atoms with van der Waals surface area (Å²) >= 11 is 0. The number of halogens is 1. The maximum Gasteiger partial charge on any atom is 0.246 e. The van der Waals surface area contributed by atoms with Gasteiger partial charge in [0.1, 0.15) is 16.5 Å². The predicted octanol–water partition coefficient (Wildman–Crippen LogP) is 1.47. The van der Waals surface area contributed by atoms with Crippen LogP contribution in [0.1, 0.15) is 12.8 Å². The molecule has 6 nitrogen and oxygen atoms in total. The van der Waals surface area contributed by atoms with Gasteiger partial charge in [0.15, 0.2) is 0 Å². The van der Waals surface area contributed by atoms with E-state index in [1.165, 1.54) is 23.5 Å². The first-order valence-corrected chi connectivity index (χ1v) is 9.90. The maximum absolute atomic E-state index is 13.7. The SMILES string of the molecule is COCC1CN(S(=O)(=O)c2cc(F)ccc2OC)CC12CCNCC2. The van der Waals surface area contributed by atoms with Crippen LogP contribution in [0.15, 0.2) is 23.1 Å². The van der Waals surface area contributed by atoms with E-state index >= 15 is 0 Å². The highest BCUT2D eigenvalue weighted by Crippen LogP contribution is 2.45. The van der Waals surface area contributed by atoms with Gasteiger partial charge in [0.25, 0.3) is 0 Å². The first-order chi connectivity index (χ1) is 11.9. The molecule has 1 aromatic rings. The van der Waals surface area contributed by atoms with E-state index in [1.54, 1.807) is 7.11 Å². The molecule has 0 amide bonds. The van der Waals surface area contributed by atoms with Crippen LogP contribution in [-0.2, 0) is 14.8 Å². The van der Waals surface area contributed by atoms with Crippen molar-refractivity contribution < 1.29 is 22.3 Å². The molecule has 2 aliphatic rings. The number of nitrogens with zero attached hydrogens (tertiary/aromatic N) is 1. The smallest absolute Gasteiger partial charge is 0.246 e. The van der Waals surface area contributed by atoms with Crippen LogP contribution in [0.3, 0.4) is 0 Å². The summed E-state index contributed by atoms with van der Waals surface area (Å²) in [5.41, 5.74) is -0.0884. The first-order valence-electron chi connectivity index (χ1n) is 8.46. The lowest BCUT2D eigenvalue weighted by Gasteiger charge is -2.38. The van der Waals surface area contributed by atoms with Gasteiger partial charge in [-0.05, 0) is 49.5 Å². The Kier molecular flexibility index (Phi) is 5.34. The molecule has 140 valence electrons. The Labute approximate surface area is 148 Å². The third kappa shape index (κ3) is 3.40. The van der Waals surface area contributed by atoms with Crippen molar-refractivity contribution in [3.05, 3.63) is 24.0 Å². The predicted molar refractivity (Wildman–Crippen MR) is 91.6 cm³/mol. The average molecular weight is 372 g/mol. The van der Waals surface area contributed by atoms with Crippen LogP contribution in [0.25, 0.3) is 0 Å². The summed E-state index contributed by atoms with van der Waals surface area (Å²) in [6.07, 6.45) is 1.82.